The molecule has 0 saturated carbocycles. The number of aliphatic carboxylic acids is 1. The number of hydrogen-bond donors (Lipinski definition) is 1. The maximum atomic E-state index is 11.8. The van der Waals surface area contributed by atoms with Crippen molar-refractivity contribution in [3.8, 4) is 0 Å². The van der Waals surface area contributed by atoms with Crippen molar-refractivity contribution in [3.63, 3.8) is 0 Å². The van der Waals surface area contributed by atoms with Crippen LogP contribution < -0.4 is 0 Å². The largest absolute Gasteiger partial charge is 0.481 e. The summed E-state index contributed by atoms with van der Waals surface area (Å²) in [7, 11) is 0. The number of carbonyl (C=O) groups is 2. The summed E-state index contributed by atoms with van der Waals surface area (Å²) in [6.07, 6.45) is 8.97. The van der Waals surface area contributed by atoms with Gasteiger partial charge in [-0.15, -0.1) is 0 Å². The highest BCUT2D eigenvalue weighted by Crippen LogP contribution is 2.17. The second-order valence-electron chi connectivity index (χ2n) is 5.87. The van der Waals surface area contributed by atoms with Gasteiger partial charge in [-0.1, -0.05) is 65.7 Å². The second kappa shape index (κ2) is 11.0. The smallest absolute Gasteiger partial charge is 0.314 e. The van der Waals surface area contributed by atoms with Crippen LogP contribution in [0.5, 0.6) is 0 Å². The Morgan fingerprint density at radius 2 is 1.47 bits per heavy atom. The monoisotopic (exact) mass is 270 g/mol. The lowest BCUT2D eigenvalue weighted by Crippen LogP contribution is -2.24. The second-order valence-corrected chi connectivity index (χ2v) is 5.87. The highest BCUT2D eigenvalue weighted by Gasteiger charge is 2.25. The minimum Gasteiger partial charge on any atom is -0.481 e. The Labute approximate surface area is 117 Å². The van der Waals surface area contributed by atoms with Crippen LogP contribution in [0.25, 0.3) is 0 Å². The molecular formula is C16H30O3. The summed E-state index contributed by atoms with van der Waals surface area (Å²) in [5.74, 6) is -1.59. The fraction of sp³-hybridized carbons (Fsp3) is 0.875. The van der Waals surface area contributed by atoms with Crippen LogP contribution in [0.1, 0.15) is 78.6 Å². The van der Waals surface area contributed by atoms with E-state index in [1.165, 1.54) is 25.7 Å². The lowest BCUT2D eigenvalue weighted by atomic mass is 9.91. The average molecular weight is 270 g/mol. The van der Waals surface area contributed by atoms with E-state index in [-0.39, 0.29) is 11.7 Å². The zero-order valence-corrected chi connectivity index (χ0v) is 12.8. The molecule has 0 aromatic carbocycles. The van der Waals surface area contributed by atoms with E-state index in [0.29, 0.717) is 12.8 Å². The van der Waals surface area contributed by atoms with Crippen LogP contribution in [0, 0.1) is 11.8 Å². The van der Waals surface area contributed by atoms with Crippen molar-refractivity contribution in [1.82, 2.24) is 0 Å². The maximum absolute atomic E-state index is 11.8. The van der Waals surface area contributed by atoms with E-state index < -0.39 is 11.9 Å². The normalized spacial score (nSPS) is 12.6. The SMILES string of the molecule is CCCCCCCCCC(C(=O)O)C(=O)CC(C)C. The third-order valence-corrected chi connectivity index (χ3v) is 3.39. The van der Waals surface area contributed by atoms with Crippen LogP contribution in [-0.4, -0.2) is 16.9 Å². The van der Waals surface area contributed by atoms with Gasteiger partial charge in [-0.05, 0) is 12.3 Å². The number of carbonyl (C=O) groups excluding carboxylic acids is 1. The molecule has 3 heteroatoms. The number of carboxylic acid groups (broad SMARTS) is 1. The zero-order chi connectivity index (χ0) is 14.7. The highest BCUT2D eigenvalue weighted by molar-refractivity contribution is 5.98. The van der Waals surface area contributed by atoms with Crippen molar-refractivity contribution < 1.29 is 14.7 Å². The average Bonchev–Trinajstić information content (AvgIpc) is 2.31. The van der Waals surface area contributed by atoms with Crippen LogP contribution in [0.2, 0.25) is 0 Å². The van der Waals surface area contributed by atoms with Crippen molar-refractivity contribution in [2.75, 3.05) is 0 Å². The van der Waals surface area contributed by atoms with E-state index in [4.69, 9.17) is 5.11 Å². The van der Waals surface area contributed by atoms with E-state index >= 15 is 0 Å². The van der Waals surface area contributed by atoms with Gasteiger partial charge in [-0.25, -0.2) is 0 Å². The van der Waals surface area contributed by atoms with E-state index in [9.17, 15) is 9.59 Å². The van der Waals surface area contributed by atoms with Gasteiger partial charge in [0, 0.05) is 6.42 Å². The molecule has 0 saturated heterocycles. The predicted molar refractivity (Wildman–Crippen MR) is 78.2 cm³/mol. The number of ketones is 1. The molecule has 19 heavy (non-hydrogen) atoms. The molecule has 0 aliphatic rings. The topological polar surface area (TPSA) is 54.4 Å². The van der Waals surface area contributed by atoms with Crippen molar-refractivity contribution in [1.29, 1.82) is 0 Å². The Kier molecular flexibility index (Phi) is 10.5. The van der Waals surface area contributed by atoms with E-state index in [1.807, 2.05) is 13.8 Å². The Morgan fingerprint density at radius 3 is 1.95 bits per heavy atom. The van der Waals surface area contributed by atoms with Gasteiger partial charge in [0.25, 0.3) is 0 Å². The molecule has 0 rings (SSSR count). The summed E-state index contributed by atoms with van der Waals surface area (Å²) >= 11 is 0. The van der Waals surface area contributed by atoms with Gasteiger partial charge >= 0.3 is 5.97 Å². The van der Waals surface area contributed by atoms with Crippen molar-refractivity contribution in [2.24, 2.45) is 11.8 Å². The van der Waals surface area contributed by atoms with E-state index in [0.717, 1.165) is 19.3 Å². The van der Waals surface area contributed by atoms with Gasteiger partial charge in [0.15, 0.2) is 0 Å². The first kappa shape index (κ1) is 18.1. The van der Waals surface area contributed by atoms with Crippen LogP contribution in [-0.2, 0) is 9.59 Å². The predicted octanol–water partition coefficient (Wildman–Crippen LogP) is 4.44. The Balaban J connectivity index is 3.83. The summed E-state index contributed by atoms with van der Waals surface area (Å²) in [6, 6.07) is 0. The third-order valence-electron chi connectivity index (χ3n) is 3.39. The van der Waals surface area contributed by atoms with E-state index in [1.54, 1.807) is 0 Å². The summed E-state index contributed by atoms with van der Waals surface area (Å²) in [6.45, 7) is 6.09. The molecule has 0 aliphatic heterocycles. The van der Waals surface area contributed by atoms with Crippen LogP contribution in [0.15, 0.2) is 0 Å². The van der Waals surface area contributed by atoms with Crippen LogP contribution in [0.4, 0.5) is 0 Å². The van der Waals surface area contributed by atoms with Gasteiger partial charge < -0.3 is 5.11 Å². The van der Waals surface area contributed by atoms with Gasteiger partial charge in [0.2, 0.25) is 0 Å². The quantitative estimate of drug-likeness (QED) is 0.421. The first-order valence-corrected chi connectivity index (χ1v) is 7.74. The molecule has 0 heterocycles. The van der Waals surface area contributed by atoms with Gasteiger partial charge in [0.05, 0.1) is 0 Å². The van der Waals surface area contributed by atoms with E-state index in [2.05, 4.69) is 6.92 Å². The molecule has 0 amide bonds. The standard InChI is InChI=1S/C16H30O3/c1-4-5-6-7-8-9-10-11-14(16(18)19)15(17)12-13(2)3/h13-14H,4-12H2,1-3H3,(H,18,19). The number of Topliss-reactive ketones (excluding diaryl/α,β-unsaturated/α-hetero) is 1. The maximum Gasteiger partial charge on any atom is 0.314 e. The first-order valence-electron chi connectivity index (χ1n) is 7.74. The zero-order valence-electron chi connectivity index (χ0n) is 12.8. The molecule has 1 atom stereocenters. The Morgan fingerprint density at radius 1 is 0.947 bits per heavy atom. The summed E-state index contributed by atoms with van der Waals surface area (Å²) < 4.78 is 0. The molecule has 0 aromatic rings. The molecular weight excluding hydrogens is 240 g/mol. The number of unbranched alkanes of at least 4 members (excludes halogenated alkanes) is 6. The summed E-state index contributed by atoms with van der Waals surface area (Å²) in [5, 5.41) is 9.11. The molecule has 0 fully saturated rings. The molecule has 0 spiro atoms. The molecule has 0 radical (unpaired) electrons. The lowest BCUT2D eigenvalue weighted by molar-refractivity contribution is -0.146. The fourth-order valence-corrected chi connectivity index (χ4v) is 2.27. The molecule has 1 unspecified atom stereocenters. The number of carboxylic acids is 1. The summed E-state index contributed by atoms with van der Waals surface area (Å²) in [4.78, 5) is 22.9. The molecule has 0 aromatic heterocycles. The van der Waals surface area contributed by atoms with Crippen molar-refractivity contribution >= 4 is 11.8 Å². The number of hydrogen-bond acceptors (Lipinski definition) is 2. The van der Waals surface area contributed by atoms with Crippen LogP contribution in [0.3, 0.4) is 0 Å². The first-order chi connectivity index (χ1) is 8.99. The Bertz CT molecular complexity index is 259. The molecule has 0 aliphatic carbocycles. The van der Waals surface area contributed by atoms with Gasteiger partial charge in [0.1, 0.15) is 11.7 Å². The minimum atomic E-state index is -0.948. The molecule has 0 bridgehead atoms. The Hall–Kier alpha value is -0.860. The van der Waals surface area contributed by atoms with Crippen molar-refractivity contribution in [3.05, 3.63) is 0 Å². The molecule has 1 N–H and O–H groups in total. The fourth-order valence-electron chi connectivity index (χ4n) is 2.27. The molecule has 112 valence electrons. The van der Waals surface area contributed by atoms with Crippen molar-refractivity contribution in [2.45, 2.75) is 78.6 Å². The number of rotatable bonds is 12. The highest BCUT2D eigenvalue weighted by atomic mass is 16.4. The van der Waals surface area contributed by atoms with Gasteiger partial charge in [-0.3, -0.25) is 9.59 Å². The molecule has 3 nitrogen and oxygen atoms in total. The van der Waals surface area contributed by atoms with Crippen LogP contribution >= 0.6 is 0 Å². The van der Waals surface area contributed by atoms with Gasteiger partial charge in [-0.2, -0.15) is 0 Å². The minimum absolute atomic E-state index is 0.103. The summed E-state index contributed by atoms with van der Waals surface area (Å²) in [5.41, 5.74) is 0. The lowest BCUT2D eigenvalue weighted by Gasteiger charge is -2.12. The third kappa shape index (κ3) is 9.69.